The molecule has 2 amide bonds. The third-order valence-electron chi connectivity index (χ3n) is 7.02. The van der Waals surface area contributed by atoms with Crippen molar-refractivity contribution in [3.63, 3.8) is 0 Å². The molecule has 0 aliphatic carbocycles. The van der Waals surface area contributed by atoms with Crippen molar-refractivity contribution < 1.29 is 19.1 Å². The Morgan fingerprint density at radius 3 is 2.28 bits per heavy atom. The van der Waals surface area contributed by atoms with Crippen LogP contribution in [-0.4, -0.2) is 66.9 Å². The molecule has 2 aromatic rings. The van der Waals surface area contributed by atoms with Gasteiger partial charge in [0.15, 0.2) is 0 Å². The Balaban J connectivity index is 1.28. The van der Waals surface area contributed by atoms with E-state index >= 15 is 0 Å². The molecule has 2 aromatic carbocycles. The van der Waals surface area contributed by atoms with Gasteiger partial charge in [0.05, 0.1) is 13.1 Å². The number of nitrogens with zero attached hydrogens (tertiary/aromatic N) is 2. The van der Waals surface area contributed by atoms with E-state index in [1.165, 1.54) is 0 Å². The second kappa shape index (κ2) is 8.39. The molecule has 4 heterocycles. The summed E-state index contributed by atoms with van der Waals surface area (Å²) in [6.45, 7) is 3.70. The molecular formula is C25H27N3O4. The number of carbonyl (C=O) groups excluding carboxylic acids is 3. The molecule has 1 atom stereocenters. The Bertz CT molecular complexity index is 994. The van der Waals surface area contributed by atoms with Crippen LogP contribution in [0.2, 0.25) is 0 Å². The molecule has 0 unspecified atom stereocenters. The van der Waals surface area contributed by atoms with Crippen LogP contribution in [0.15, 0.2) is 54.6 Å². The quantitative estimate of drug-likeness (QED) is 0.734. The Hall–Kier alpha value is -3.19. The molecule has 4 aliphatic heterocycles. The lowest BCUT2D eigenvalue weighted by Crippen LogP contribution is -2.69. The van der Waals surface area contributed by atoms with Crippen molar-refractivity contribution in [2.45, 2.75) is 24.5 Å². The highest BCUT2D eigenvalue weighted by Crippen LogP contribution is 2.34. The lowest BCUT2D eigenvalue weighted by Gasteiger charge is -2.51. The molecular weight excluding hydrogens is 406 g/mol. The van der Waals surface area contributed by atoms with Crippen LogP contribution in [0.3, 0.4) is 0 Å². The van der Waals surface area contributed by atoms with E-state index in [2.05, 4.69) is 10.2 Å². The lowest BCUT2D eigenvalue weighted by molar-refractivity contribution is -0.0404. The zero-order valence-electron chi connectivity index (χ0n) is 17.9. The van der Waals surface area contributed by atoms with Gasteiger partial charge in [-0.05, 0) is 49.5 Å². The molecule has 1 N–H and O–H groups in total. The largest absolute Gasteiger partial charge is 0.445 e. The number of rotatable bonds is 5. The van der Waals surface area contributed by atoms with Crippen LogP contribution in [0.5, 0.6) is 0 Å². The van der Waals surface area contributed by atoms with Gasteiger partial charge < -0.3 is 15.0 Å². The Kier molecular flexibility index (Phi) is 5.43. The van der Waals surface area contributed by atoms with Gasteiger partial charge in [-0.25, -0.2) is 4.79 Å². The summed E-state index contributed by atoms with van der Waals surface area (Å²) in [6, 6.07) is 16.3. The van der Waals surface area contributed by atoms with Gasteiger partial charge in [-0.15, -0.1) is 0 Å². The third-order valence-corrected chi connectivity index (χ3v) is 7.02. The Labute approximate surface area is 187 Å². The van der Waals surface area contributed by atoms with Crippen LogP contribution in [-0.2, 0) is 10.3 Å². The van der Waals surface area contributed by atoms with Gasteiger partial charge in [0.2, 0.25) is 0 Å². The van der Waals surface area contributed by atoms with Crippen LogP contribution in [0, 0.1) is 5.92 Å². The van der Waals surface area contributed by atoms with Crippen LogP contribution in [0.4, 0.5) is 4.79 Å². The van der Waals surface area contributed by atoms with E-state index in [0.717, 1.165) is 44.3 Å². The maximum absolute atomic E-state index is 12.9. The summed E-state index contributed by atoms with van der Waals surface area (Å²) < 4.78 is 5.86. The highest BCUT2D eigenvalue weighted by atomic mass is 16.6. The van der Waals surface area contributed by atoms with Crippen LogP contribution in [0.25, 0.3) is 0 Å². The fraction of sp³-hybridized carbons (Fsp3) is 0.400. The average Bonchev–Trinajstić information content (AvgIpc) is 2.82. The first-order valence-electron chi connectivity index (χ1n) is 11.2. The zero-order chi connectivity index (χ0) is 22.1. The summed E-state index contributed by atoms with van der Waals surface area (Å²) in [5.74, 6) is 0.314. The van der Waals surface area contributed by atoms with Gasteiger partial charge in [-0.3, -0.25) is 14.5 Å². The number of ether oxygens (including phenoxy) is 1. The summed E-state index contributed by atoms with van der Waals surface area (Å²) in [7, 11) is 0. The molecule has 4 fully saturated rings. The van der Waals surface area contributed by atoms with Crippen LogP contribution >= 0.6 is 0 Å². The summed E-state index contributed by atoms with van der Waals surface area (Å²) in [4.78, 5) is 40.7. The number of carbonyl (C=O) groups is 3. The maximum atomic E-state index is 12.9. The van der Waals surface area contributed by atoms with Crippen LogP contribution in [0.1, 0.15) is 39.1 Å². The van der Waals surface area contributed by atoms with E-state index < -0.39 is 11.6 Å². The number of aldehydes is 1. The number of likely N-dealkylation sites (tertiary alicyclic amines) is 1. The number of alkyl carbamates (subject to hydrolysis) is 1. The molecule has 6 rings (SSSR count). The van der Waals surface area contributed by atoms with Gasteiger partial charge in [0, 0.05) is 17.7 Å². The van der Waals surface area contributed by atoms with Crippen molar-refractivity contribution in [3.8, 4) is 0 Å². The first-order chi connectivity index (χ1) is 15.6. The first-order valence-corrected chi connectivity index (χ1v) is 11.2. The average molecular weight is 434 g/mol. The van der Waals surface area contributed by atoms with Crippen molar-refractivity contribution >= 4 is 18.3 Å². The minimum atomic E-state index is -0.676. The minimum Gasteiger partial charge on any atom is -0.445 e. The number of hydrogen-bond donors (Lipinski definition) is 1. The summed E-state index contributed by atoms with van der Waals surface area (Å²) in [5.41, 5.74) is 1.32. The highest BCUT2D eigenvalue weighted by Gasteiger charge is 2.49. The van der Waals surface area contributed by atoms with E-state index in [1.54, 1.807) is 29.2 Å². The summed E-state index contributed by atoms with van der Waals surface area (Å²) in [5, 5.41) is 3.09. The molecule has 2 bridgehead atoms. The third kappa shape index (κ3) is 3.88. The first kappa shape index (κ1) is 20.7. The molecule has 0 spiro atoms. The fourth-order valence-corrected chi connectivity index (χ4v) is 5.13. The highest BCUT2D eigenvalue weighted by molar-refractivity contribution is 5.95. The lowest BCUT2D eigenvalue weighted by atomic mass is 9.82. The molecule has 4 aliphatic rings. The molecule has 4 saturated heterocycles. The topological polar surface area (TPSA) is 79.0 Å². The van der Waals surface area contributed by atoms with Crippen molar-refractivity contribution in [3.05, 3.63) is 71.3 Å². The number of amides is 2. The molecule has 0 radical (unpaired) electrons. The Morgan fingerprint density at radius 1 is 1.00 bits per heavy atom. The minimum absolute atomic E-state index is 0.0699. The Morgan fingerprint density at radius 2 is 1.69 bits per heavy atom. The second-order valence-electron chi connectivity index (χ2n) is 9.06. The number of hydrogen-bond acceptors (Lipinski definition) is 5. The monoisotopic (exact) mass is 433 g/mol. The van der Waals surface area contributed by atoms with Gasteiger partial charge in [0.25, 0.3) is 5.91 Å². The van der Waals surface area contributed by atoms with E-state index in [1.807, 2.05) is 30.3 Å². The predicted molar refractivity (Wildman–Crippen MR) is 118 cm³/mol. The van der Waals surface area contributed by atoms with Crippen molar-refractivity contribution in [2.24, 2.45) is 5.92 Å². The predicted octanol–water partition coefficient (Wildman–Crippen LogP) is 2.67. The molecule has 7 heteroatoms. The number of fused-ring (bicyclic) bond motifs is 3. The maximum Gasteiger partial charge on any atom is 0.408 e. The van der Waals surface area contributed by atoms with Gasteiger partial charge in [-0.1, -0.05) is 42.5 Å². The number of piperidine rings is 3. The van der Waals surface area contributed by atoms with Gasteiger partial charge in [-0.2, -0.15) is 0 Å². The van der Waals surface area contributed by atoms with E-state index in [-0.39, 0.29) is 12.0 Å². The molecule has 0 aromatic heterocycles. The number of benzene rings is 2. The second-order valence-corrected chi connectivity index (χ2v) is 9.06. The van der Waals surface area contributed by atoms with Crippen LogP contribution < -0.4 is 5.32 Å². The van der Waals surface area contributed by atoms with E-state index in [0.29, 0.717) is 30.1 Å². The standard InChI is InChI=1S/C25H27N3O4/c29-15-18-6-8-20(9-7-18)23(30)28-16-25(17-28,21-4-2-1-3-5-21)26-24(31)32-22-14-27-12-10-19(22)11-13-27/h1-9,15,19,22H,10-14,16-17H2,(H,26,31)/t22-/m0/s1. The number of nitrogens with one attached hydrogen (secondary N) is 1. The molecule has 166 valence electrons. The van der Waals surface area contributed by atoms with E-state index in [9.17, 15) is 14.4 Å². The summed E-state index contributed by atoms with van der Waals surface area (Å²) in [6.07, 6.45) is 2.41. The summed E-state index contributed by atoms with van der Waals surface area (Å²) >= 11 is 0. The molecule has 7 nitrogen and oxygen atoms in total. The molecule has 0 saturated carbocycles. The van der Waals surface area contributed by atoms with Gasteiger partial charge >= 0.3 is 6.09 Å². The fourth-order valence-electron chi connectivity index (χ4n) is 5.13. The van der Waals surface area contributed by atoms with Crippen molar-refractivity contribution in [1.82, 2.24) is 15.1 Å². The SMILES string of the molecule is O=Cc1ccc(C(=O)N2CC(NC(=O)O[C@H]3CN4CCC3CC4)(c3ccccc3)C2)cc1. The van der Waals surface area contributed by atoms with Crippen molar-refractivity contribution in [2.75, 3.05) is 32.7 Å². The molecule has 32 heavy (non-hydrogen) atoms. The normalized spacial score (nSPS) is 25.5. The van der Waals surface area contributed by atoms with E-state index in [4.69, 9.17) is 4.74 Å². The smallest absolute Gasteiger partial charge is 0.408 e. The zero-order valence-corrected chi connectivity index (χ0v) is 17.9. The van der Waals surface area contributed by atoms with Crippen molar-refractivity contribution in [1.29, 1.82) is 0 Å². The van der Waals surface area contributed by atoms with Gasteiger partial charge in [0.1, 0.15) is 17.9 Å².